The summed E-state index contributed by atoms with van der Waals surface area (Å²) in [6.45, 7) is 2.52. The van der Waals surface area contributed by atoms with Gasteiger partial charge in [0.25, 0.3) is 0 Å². The van der Waals surface area contributed by atoms with Crippen LogP contribution < -0.4 is 0 Å². The first kappa shape index (κ1) is 12.5. The zero-order valence-corrected chi connectivity index (χ0v) is 10.8. The van der Waals surface area contributed by atoms with E-state index in [1.807, 2.05) is 6.92 Å². The summed E-state index contributed by atoms with van der Waals surface area (Å²) in [6.07, 6.45) is 1.90. The SMILES string of the molecule is CCCCOC(=O)c1ccc(Cl)c(Br)c1. The molecule has 0 saturated carbocycles. The highest BCUT2D eigenvalue weighted by Gasteiger charge is 2.08. The molecule has 0 N–H and O–H groups in total. The third-order valence-corrected chi connectivity index (χ3v) is 3.10. The Hall–Kier alpha value is -0.540. The molecule has 0 heterocycles. The van der Waals surface area contributed by atoms with Crippen molar-refractivity contribution < 1.29 is 9.53 Å². The Kier molecular flexibility index (Phi) is 5.12. The molecular weight excluding hydrogens is 279 g/mol. The number of carbonyl (C=O) groups is 1. The number of carbonyl (C=O) groups excluding carboxylic acids is 1. The first-order valence-electron chi connectivity index (χ1n) is 4.77. The van der Waals surface area contributed by atoms with Gasteiger partial charge in [0.05, 0.1) is 17.2 Å². The minimum atomic E-state index is -0.305. The molecule has 2 nitrogen and oxygen atoms in total. The van der Waals surface area contributed by atoms with E-state index in [9.17, 15) is 4.79 Å². The molecule has 15 heavy (non-hydrogen) atoms. The predicted octanol–water partition coefficient (Wildman–Crippen LogP) is 4.06. The lowest BCUT2D eigenvalue weighted by Gasteiger charge is -2.04. The number of hydrogen-bond donors (Lipinski definition) is 0. The van der Waals surface area contributed by atoms with Crippen LogP contribution in [0.3, 0.4) is 0 Å². The van der Waals surface area contributed by atoms with Gasteiger partial charge in [-0.15, -0.1) is 0 Å². The summed E-state index contributed by atoms with van der Waals surface area (Å²) >= 11 is 9.07. The van der Waals surface area contributed by atoms with Crippen molar-refractivity contribution in [3.8, 4) is 0 Å². The van der Waals surface area contributed by atoms with Crippen LogP contribution in [-0.4, -0.2) is 12.6 Å². The van der Waals surface area contributed by atoms with Crippen molar-refractivity contribution in [1.29, 1.82) is 0 Å². The third-order valence-electron chi connectivity index (χ3n) is 1.89. The molecular formula is C11H12BrClO2. The Bertz CT molecular complexity index is 352. The maximum absolute atomic E-state index is 11.5. The fourth-order valence-electron chi connectivity index (χ4n) is 1.02. The van der Waals surface area contributed by atoms with E-state index in [4.69, 9.17) is 16.3 Å². The van der Waals surface area contributed by atoms with Gasteiger partial charge in [0.15, 0.2) is 0 Å². The normalized spacial score (nSPS) is 10.1. The van der Waals surface area contributed by atoms with Gasteiger partial charge < -0.3 is 4.74 Å². The molecule has 0 saturated heterocycles. The van der Waals surface area contributed by atoms with Crippen LogP contribution in [0.15, 0.2) is 22.7 Å². The van der Waals surface area contributed by atoms with Crippen molar-refractivity contribution in [2.24, 2.45) is 0 Å². The number of esters is 1. The van der Waals surface area contributed by atoms with E-state index in [0.717, 1.165) is 12.8 Å². The van der Waals surface area contributed by atoms with Crippen LogP contribution in [0.5, 0.6) is 0 Å². The Balaban J connectivity index is 2.62. The van der Waals surface area contributed by atoms with Crippen molar-refractivity contribution >= 4 is 33.5 Å². The maximum Gasteiger partial charge on any atom is 0.338 e. The Labute approximate surface area is 103 Å². The molecule has 82 valence electrons. The Morgan fingerprint density at radius 3 is 2.87 bits per heavy atom. The summed E-state index contributed by atoms with van der Waals surface area (Å²) in [4.78, 5) is 11.5. The second-order valence-electron chi connectivity index (χ2n) is 3.12. The standard InChI is InChI=1S/C11H12BrClO2/c1-2-3-6-15-11(14)8-4-5-10(13)9(12)7-8/h4-5,7H,2-3,6H2,1H3. The summed E-state index contributed by atoms with van der Waals surface area (Å²) in [5.74, 6) is -0.305. The number of rotatable bonds is 4. The van der Waals surface area contributed by atoms with Crippen LogP contribution >= 0.6 is 27.5 Å². The van der Waals surface area contributed by atoms with Gasteiger partial charge in [0, 0.05) is 4.47 Å². The highest BCUT2D eigenvalue weighted by atomic mass is 79.9. The zero-order valence-electron chi connectivity index (χ0n) is 8.43. The maximum atomic E-state index is 11.5. The highest BCUT2D eigenvalue weighted by Crippen LogP contribution is 2.23. The highest BCUT2D eigenvalue weighted by molar-refractivity contribution is 9.10. The van der Waals surface area contributed by atoms with Crippen molar-refractivity contribution in [3.63, 3.8) is 0 Å². The molecule has 0 aromatic heterocycles. The van der Waals surface area contributed by atoms with Gasteiger partial charge in [0.2, 0.25) is 0 Å². The number of hydrogen-bond acceptors (Lipinski definition) is 2. The Morgan fingerprint density at radius 2 is 2.27 bits per heavy atom. The van der Waals surface area contributed by atoms with Crippen molar-refractivity contribution in [3.05, 3.63) is 33.3 Å². The van der Waals surface area contributed by atoms with Crippen LogP contribution in [0.2, 0.25) is 5.02 Å². The summed E-state index contributed by atoms with van der Waals surface area (Å²) in [6, 6.07) is 4.99. The Morgan fingerprint density at radius 1 is 1.53 bits per heavy atom. The number of benzene rings is 1. The summed E-state index contributed by atoms with van der Waals surface area (Å²) in [5, 5.41) is 0.583. The molecule has 0 unspecified atom stereocenters. The second-order valence-corrected chi connectivity index (χ2v) is 4.38. The smallest absolute Gasteiger partial charge is 0.338 e. The van der Waals surface area contributed by atoms with E-state index >= 15 is 0 Å². The van der Waals surface area contributed by atoms with Gasteiger partial charge in [0.1, 0.15) is 0 Å². The first-order chi connectivity index (χ1) is 7.15. The quantitative estimate of drug-likeness (QED) is 0.618. The molecule has 0 spiro atoms. The van der Waals surface area contributed by atoms with Crippen molar-refractivity contribution in [2.45, 2.75) is 19.8 Å². The molecule has 0 aliphatic heterocycles. The minimum Gasteiger partial charge on any atom is -0.462 e. The van der Waals surface area contributed by atoms with Gasteiger partial charge in [-0.3, -0.25) is 0 Å². The van der Waals surface area contributed by atoms with E-state index in [-0.39, 0.29) is 5.97 Å². The van der Waals surface area contributed by atoms with Crippen molar-refractivity contribution in [2.75, 3.05) is 6.61 Å². The third kappa shape index (κ3) is 3.84. The average Bonchev–Trinajstić information content (AvgIpc) is 2.22. The number of halogens is 2. The number of ether oxygens (including phenoxy) is 1. The van der Waals surface area contributed by atoms with Crippen molar-refractivity contribution in [1.82, 2.24) is 0 Å². The van der Waals surface area contributed by atoms with Crippen LogP contribution in [0.25, 0.3) is 0 Å². The van der Waals surface area contributed by atoms with Crippen LogP contribution in [0.1, 0.15) is 30.1 Å². The monoisotopic (exact) mass is 290 g/mol. The largest absolute Gasteiger partial charge is 0.462 e. The van der Waals surface area contributed by atoms with Gasteiger partial charge in [-0.1, -0.05) is 24.9 Å². The lowest BCUT2D eigenvalue weighted by molar-refractivity contribution is 0.0499. The summed E-state index contributed by atoms with van der Waals surface area (Å²) in [7, 11) is 0. The van der Waals surface area contributed by atoms with E-state index < -0.39 is 0 Å². The van der Waals surface area contributed by atoms with Gasteiger partial charge in [-0.25, -0.2) is 4.79 Å². The fraction of sp³-hybridized carbons (Fsp3) is 0.364. The fourth-order valence-corrected chi connectivity index (χ4v) is 1.51. The van der Waals surface area contributed by atoms with E-state index in [1.54, 1.807) is 18.2 Å². The number of unbranched alkanes of at least 4 members (excludes halogenated alkanes) is 1. The molecule has 4 heteroatoms. The van der Waals surface area contributed by atoms with E-state index in [1.165, 1.54) is 0 Å². The molecule has 1 aromatic rings. The van der Waals surface area contributed by atoms with Gasteiger partial charge >= 0.3 is 5.97 Å². The lowest BCUT2D eigenvalue weighted by atomic mass is 10.2. The molecule has 0 aliphatic carbocycles. The molecule has 0 radical (unpaired) electrons. The second kappa shape index (κ2) is 6.13. The lowest BCUT2D eigenvalue weighted by Crippen LogP contribution is -2.06. The topological polar surface area (TPSA) is 26.3 Å². The predicted molar refractivity (Wildman–Crippen MR) is 64.3 cm³/mol. The minimum absolute atomic E-state index is 0.305. The molecule has 1 aromatic carbocycles. The van der Waals surface area contributed by atoms with Gasteiger partial charge in [-0.2, -0.15) is 0 Å². The summed E-state index contributed by atoms with van der Waals surface area (Å²) < 4.78 is 5.76. The average molecular weight is 292 g/mol. The first-order valence-corrected chi connectivity index (χ1v) is 5.94. The van der Waals surface area contributed by atoms with E-state index in [2.05, 4.69) is 15.9 Å². The molecule has 0 atom stereocenters. The summed E-state index contributed by atoms with van der Waals surface area (Å²) in [5.41, 5.74) is 0.516. The molecule has 0 fully saturated rings. The molecule has 1 rings (SSSR count). The van der Waals surface area contributed by atoms with Gasteiger partial charge in [-0.05, 0) is 40.5 Å². The van der Waals surface area contributed by atoms with Crippen LogP contribution in [0.4, 0.5) is 0 Å². The zero-order chi connectivity index (χ0) is 11.3. The van der Waals surface area contributed by atoms with Crippen LogP contribution in [-0.2, 0) is 4.74 Å². The van der Waals surface area contributed by atoms with E-state index in [0.29, 0.717) is 21.7 Å². The molecule has 0 bridgehead atoms. The molecule has 0 amide bonds. The van der Waals surface area contributed by atoms with Crippen LogP contribution in [0, 0.1) is 0 Å². The molecule has 0 aliphatic rings.